The van der Waals surface area contributed by atoms with Crippen molar-refractivity contribution in [2.24, 2.45) is 11.3 Å². The Morgan fingerprint density at radius 3 is 2.58 bits per heavy atom. The first kappa shape index (κ1) is 19.3. The first-order chi connectivity index (χ1) is 11.9. The Balaban J connectivity index is 1.68. The predicted molar refractivity (Wildman–Crippen MR) is 105 cm³/mol. The van der Waals surface area contributed by atoms with Gasteiger partial charge in [0.1, 0.15) is 5.82 Å². The second kappa shape index (κ2) is 6.30. The molecule has 26 heavy (non-hydrogen) atoms. The van der Waals surface area contributed by atoms with E-state index in [1.54, 1.807) is 16.8 Å². The SMILES string of the molecule is CC(=O)Nc1ccn([C@H]2CC3(CO[Si](C)(C)C(C)(C)C)CC2C3)c(=O)n1. The van der Waals surface area contributed by atoms with Crippen LogP contribution in [0.15, 0.2) is 17.1 Å². The number of fused-ring (bicyclic) bond motifs is 1. The Hall–Kier alpha value is -1.47. The molecular weight excluding hydrogens is 346 g/mol. The van der Waals surface area contributed by atoms with Gasteiger partial charge in [-0.3, -0.25) is 9.36 Å². The highest BCUT2D eigenvalue weighted by molar-refractivity contribution is 6.74. The summed E-state index contributed by atoms with van der Waals surface area (Å²) in [5.74, 6) is 0.628. The molecule has 4 rings (SSSR count). The first-order valence-electron chi connectivity index (χ1n) is 9.43. The fourth-order valence-electron chi connectivity index (χ4n) is 4.07. The van der Waals surface area contributed by atoms with Crippen LogP contribution >= 0.6 is 0 Å². The Kier molecular flexibility index (Phi) is 4.68. The highest BCUT2D eigenvalue weighted by atomic mass is 28.4. The van der Waals surface area contributed by atoms with Gasteiger partial charge in [0.25, 0.3) is 0 Å². The minimum Gasteiger partial charge on any atom is -0.416 e. The maximum atomic E-state index is 12.4. The highest BCUT2D eigenvalue weighted by Gasteiger charge is 2.57. The second-order valence-electron chi connectivity index (χ2n) is 9.67. The van der Waals surface area contributed by atoms with E-state index in [0.717, 1.165) is 25.9 Å². The Bertz CT molecular complexity index is 760. The van der Waals surface area contributed by atoms with Crippen molar-refractivity contribution in [1.29, 1.82) is 0 Å². The van der Waals surface area contributed by atoms with E-state index in [0.29, 0.717) is 11.7 Å². The maximum absolute atomic E-state index is 12.4. The third-order valence-electron chi connectivity index (χ3n) is 6.61. The van der Waals surface area contributed by atoms with Gasteiger partial charge in [0.15, 0.2) is 8.32 Å². The number of carbonyl (C=O) groups excluding carboxylic acids is 1. The van der Waals surface area contributed by atoms with Crippen molar-refractivity contribution in [2.45, 2.75) is 71.1 Å². The van der Waals surface area contributed by atoms with Gasteiger partial charge >= 0.3 is 5.69 Å². The maximum Gasteiger partial charge on any atom is 0.349 e. The molecule has 144 valence electrons. The molecule has 0 unspecified atom stereocenters. The van der Waals surface area contributed by atoms with Crippen molar-refractivity contribution in [3.05, 3.63) is 22.7 Å². The summed E-state index contributed by atoms with van der Waals surface area (Å²) in [5, 5.41) is 2.78. The zero-order chi connectivity index (χ0) is 19.3. The molecule has 0 aliphatic heterocycles. The zero-order valence-electron chi connectivity index (χ0n) is 16.8. The molecule has 3 fully saturated rings. The second-order valence-corrected chi connectivity index (χ2v) is 14.5. The van der Waals surface area contributed by atoms with Crippen LogP contribution in [-0.4, -0.2) is 30.4 Å². The molecule has 3 aliphatic carbocycles. The summed E-state index contributed by atoms with van der Waals surface area (Å²) in [6.07, 6.45) is 5.01. The van der Waals surface area contributed by atoms with Crippen molar-refractivity contribution in [1.82, 2.24) is 9.55 Å². The van der Waals surface area contributed by atoms with Crippen LogP contribution in [0.25, 0.3) is 0 Å². The van der Waals surface area contributed by atoms with Gasteiger partial charge < -0.3 is 9.74 Å². The largest absolute Gasteiger partial charge is 0.416 e. The van der Waals surface area contributed by atoms with Gasteiger partial charge in [-0.25, -0.2) is 4.79 Å². The van der Waals surface area contributed by atoms with Crippen LogP contribution in [0.4, 0.5) is 5.82 Å². The van der Waals surface area contributed by atoms with Crippen LogP contribution in [0.3, 0.4) is 0 Å². The number of rotatable bonds is 5. The normalized spacial score (nSPS) is 27.9. The third kappa shape index (κ3) is 3.51. The highest BCUT2D eigenvalue weighted by Crippen LogP contribution is 2.63. The molecular formula is C19H31N3O3Si. The minimum atomic E-state index is -1.75. The standard InChI is InChI=1S/C19H31N3O3Si/c1-13(23)20-16-7-8-22(17(24)21-16)15-11-19(9-14(15)10-19)12-25-26(5,6)18(2,3)4/h7-8,14-15H,9-12H2,1-6H3,(H,20,21,23,24)/t14?,15-,19?/m0/s1. The monoisotopic (exact) mass is 377 g/mol. The number of anilines is 1. The fourth-order valence-corrected chi connectivity index (χ4v) is 5.17. The summed E-state index contributed by atoms with van der Waals surface area (Å²) < 4.78 is 8.23. The summed E-state index contributed by atoms with van der Waals surface area (Å²) in [6.45, 7) is 13.6. The minimum absolute atomic E-state index is 0.199. The predicted octanol–water partition coefficient (Wildman–Crippen LogP) is 3.56. The molecule has 3 aliphatic rings. The summed E-state index contributed by atoms with van der Waals surface area (Å²) in [4.78, 5) is 27.5. The van der Waals surface area contributed by atoms with E-state index < -0.39 is 8.32 Å². The number of nitrogens with zero attached hydrogens (tertiary/aromatic N) is 2. The Labute approximate surface area is 156 Å². The fraction of sp³-hybridized carbons (Fsp3) is 0.737. The Morgan fingerprint density at radius 2 is 2.04 bits per heavy atom. The van der Waals surface area contributed by atoms with Gasteiger partial charge in [0, 0.05) is 25.8 Å². The molecule has 6 nitrogen and oxygen atoms in total. The lowest BCUT2D eigenvalue weighted by Gasteiger charge is -2.43. The lowest BCUT2D eigenvalue weighted by molar-refractivity contribution is -0.114. The van der Waals surface area contributed by atoms with Gasteiger partial charge in [0.05, 0.1) is 0 Å². The lowest BCUT2D eigenvalue weighted by atomic mass is 9.70. The average molecular weight is 378 g/mol. The van der Waals surface area contributed by atoms with E-state index in [1.807, 2.05) is 0 Å². The van der Waals surface area contributed by atoms with Crippen LogP contribution in [0.5, 0.6) is 0 Å². The van der Waals surface area contributed by atoms with E-state index >= 15 is 0 Å². The van der Waals surface area contributed by atoms with Crippen molar-refractivity contribution in [2.75, 3.05) is 11.9 Å². The smallest absolute Gasteiger partial charge is 0.349 e. The van der Waals surface area contributed by atoms with Gasteiger partial charge in [-0.05, 0) is 54.8 Å². The number of amides is 1. The number of nitrogens with one attached hydrogen (secondary N) is 1. The van der Waals surface area contributed by atoms with Crippen LogP contribution in [0.2, 0.25) is 18.1 Å². The van der Waals surface area contributed by atoms with Crippen molar-refractivity contribution in [3.8, 4) is 0 Å². The molecule has 1 aromatic rings. The summed E-state index contributed by atoms with van der Waals surface area (Å²) >= 11 is 0. The van der Waals surface area contributed by atoms with E-state index in [-0.39, 0.29) is 28.1 Å². The average Bonchev–Trinajstić information content (AvgIpc) is 2.98. The number of aromatic nitrogens is 2. The van der Waals surface area contributed by atoms with Crippen LogP contribution < -0.4 is 11.0 Å². The van der Waals surface area contributed by atoms with Crippen LogP contribution in [0, 0.1) is 11.3 Å². The van der Waals surface area contributed by atoms with Crippen molar-refractivity contribution in [3.63, 3.8) is 0 Å². The van der Waals surface area contributed by atoms with E-state index in [2.05, 4.69) is 44.2 Å². The van der Waals surface area contributed by atoms with Crippen LogP contribution in [0.1, 0.15) is 53.0 Å². The molecule has 1 atom stereocenters. The molecule has 0 saturated heterocycles. The summed E-state index contributed by atoms with van der Waals surface area (Å²) in [5.41, 5.74) is -0.0603. The quantitative estimate of drug-likeness (QED) is 0.796. The molecule has 1 heterocycles. The third-order valence-corrected chi connectivity index (χ3v) is 11.1. The van der Waals surface area contributed by atoms with Crippen molar-refractivity contribution < 1.29 is 9.22 Å². The van der Waals surface area contributed by atoms with E-state index in [1.165, 1.54) is 6.92 Å². The molecule has 0 spiro atoms. The summed E-state index contributed by atoms with van der Waals surface area (Å²) in [6, 6.07) is 1.90. The molecule has 7 heteroatoms. The van der Waals surface area contributed by atoms with Gasteiger partial charge in [-0.2, -0.15) is 4.98 Å². The lowest BCUT2D eigenvalue weighted by Crippen LogP contribution is -2.45. The van der Waals surface area contributed by atoms with Gasteiger partial charge in [-0.1, -0.05) is 20.8 Å². The number of hydrogen-bond donors (Lipinski definition) is 1. The van der Waals surface area contributed by atoms with E-state index in [9.17, 15) is 9.59 Å². The molecule has 1 N–H and O–H groups in total. The van der Waals surface area contributed by atoms with Crippen LogP contribution in [-0.2, 0) is 9.22 Å². The zero-order valence-corrected chi connectivity index (χ0v) is 17.8. The van der Waals surface area contributed by atoms with Gasteiger partial charge in [-0.15, -0.1) is 0 Å². The molecule has 0 radical (unpaired) electrons. The van der Waals surface area contributed by atoms with E-state index in [4.69, 9.17) is 4.43 Å². The molecule has 0 aromatic carbocycles. The van der Waals surface area contributed by atoms with Crippen molar-refractivity contribution >= 4 is 20.0 Å². The molecule has 2 bridgehead atoms. The number of hydrogen-bond acceptors (Lipinski definition) is 4. The van der Waals surface area contributed by atoms with Gasteiger partial charge in [0.2, 0.25) is 5.91 Å². The Morgan fingerprint density at radius 1 is 1.38 bits per heavy atom. The first-order valence-corrected chi connectivity index (χ1v) is 12.3. The topological polar surface area (TPSA) is 73.2 Å². The number of carbonyl (C=O) groups is 1. The molecule has 3 saturated carbocycles. The molecule has 1 aromatic heterocycles. The molecule has 1 amide bonds. The summed E-state index contributed by atoms with van der Waals surface area (Å²) in [7, 11) is -1.75.